The minimum absolute atomic E-state index is 0.0243. The molecule has 1 spiro atoms. The number of hydrogen-bond acceptors (Lipinski definition) is 8. The van der Waals surface area contributed by atoms with Gasteiger partial charge >= 0.3 is 0 Å². The molecule has 1 heterocycles. The maximum Gasteiger partial charge on any atom is 0.136 e. The third-order valence-corrected chi connectivity index (χ3v) is 11.0. The van der Waals surface area contributed by atoms with E-state index in [0.717, 1.165) is 6.42 Å². The molecule has 7 bridgehead atoms. The number of nitrogens with zero attached hydrogens (tertiary/aromatic N) is 1. The van der Waals surface area contributed by atoms with Gasteiger partial charge in [-0.1, -0.05) is 6.92 Å². The second-order valence-corrected chi connectivity index (χ2v) is 11.5. The van der Waals surface area contributed by atoms with E-state index >= 15 is 0 Å². The standard InChI is InChI=1S/C23H37NO7/c1-4-24-9-20(10-30-2)6-5-14(26)22-12-7-11-13(25)8-21(28,15(12)16(11)27)23(29,19(22)24)18(31-3)17(20)22/h11-19,25-29H,4-10H2,1-3H3. The van der Waals surface area contributed by atoms with Crippen LogP contribution in [-0.4, -0.2) is 106 Å². The molecule has 176 valence electrons. The highest BCUT2D eigenvalue weighted by Gasteiger charge is 2.91. The number of likely N-dealkylation sites (tertiary alicyclic amines) is 1. The Morgan fingerprint density at radius 2 is 1.87 bits per heavy atom. The second kappa shape index (κ2) is 6.21. The molecule has 0 aromatic heterocycles. The van der Waals surface area contributed by atoms with E-state index in [1.807, 2.05) is 0 Å². The minimum Gasteiger partial charge on any atom is -0.393 e. The number of hydrogen-bond donors (Lipinski definition) is 5. The van der Waals surface area contributed by atoms with Crippen molar-refractivity contribution in [3.05, 3.63) is 0 Å². The summed E-state index contributed by atoms with van der Waals surface area (Å²) in [6.45, 7) is 3.93. The highest BCUT2D eigenvalue weighted by atomic mass is 16.5. The first kappa shape index (κ1) is 21.2. The Bertz CT molecular complexity index is 779. The monoisotopic (exact) mass is 439 g/mol. The van der Waals surface area contributed by atoms with Crippen molar-refractivity contribution in [1.29, 1.82) is 0 Å². The van der Waals surface area contributed by atoms with Crippen LogP contribution in [0.1, 0.15) is 32.6 Å². The summed E-state index contributed by atoms with van der Waals surface area (Å²) >= 11 is 0. The minimum atomic E-state index is -1.71. The van der Waals surface area contributed by atoms with Gasteiger partial charge in [-0.3, -0.25) is 4.90 Å². The number of rotatable bonds is 4. The normalized spacial score (nSPS) is 64.1. The molecule has 0 radical (unpaired) electrons. The number of likely N-dealkylation sites (N-methyl/N-ethyl adjacent to an activating group) is 1. The van der Waals surface area contributed by atoms with Gasteiger partial charge in [0.25, 0.3) is 0 Å². The van der Waals surface area contributed by atoms with E-state index in [4.69, 9.17) is 9.47 Å². The van der Waals surface area contributed by atoms with E-state index in [9.17, 15) is 25.5 Å². The summed E-state index contributed by atoms with van der Waals surface area (Å²) in [6, 6.07) is -0.497. The number of ether oxygens (including phenoxy) is 2. The quantitative estimate of drug-likeness (QED) is 0.377. The lowest BCUT2D eigenvalue weighted by atomic mass is 9.42. The average molecular weight is 440 g/mol. The molecule has 1 aliphatic heterocycles. The van der Waals surface area contributed by atoms with E-state index in [0.29, 0.717) is 32.5 Å². The van der Waals surface area contributed by atoms with Gasteiger partial charge in [0.05, 0.1) is 37.1 Å². The first-order valence-corrected chi connectivity index (χ1v) is 11.9. The summed E-state index contributed by atoms with van der Waals surface area (Å²) in [5.41, 5.74) is -4.44. The van der Waals surface area contributed by atoms with Crippen LogP contribution in [0.25, 0.3) is 0 Å². The van der Waals surface area contributed by atoms with E-state index in [2.05, 4.69) is 11.8 Å². The molecule has 6 aliphatic rings. The third kappa shape index (κ3) is 1.93. The van der Waals surface area contributed by atoms with E-state index in [1.54, 1.807) is 14.2 Å². The molecular formula is C23H37NO7. The fourth-order valence-corrected chi connectivity index (χ4v) is 10.5. The van der Waals surface area contributed by atoms with Gasteiger partial charge < -0.3 is 35.0 Å². The predicted molar refractivity (Wildman–Crippen MR) is 109 cm³/mol. The number of piperidine rings is 1. The lowest BCUT2D eigenvalue weighted by Crippen LogP contribution is -2.81. The molecule has 5 N–H and O–H groups in total. The molecule has 13 unspecified atom stereocenters. The lowest BCUT2D eigenvalue weighted by molar-refractivity contribution is -0.316. The van der Waals surface area contributed by atoms with Crippen molar-refractivity contribution in [2.75, 3.05) is 33.9 Å². The Morgan fingerprint density at radius 3 is 2.52 bits per heavy atom. The maximum atomic E-state index is 12.6. The van der Waals surface area contributed by atoms with Gasteiger partial charge in [0.1, 0.15) is 11.2 Å². The second-order valence-electron chi connectivity index (χ2n) is 11.5. The highest BCUT2D eigenvalue weighted by molar-refractivity contribution is 5.41. The van der Waals surface area contributed by atoms with Crippen LogP contribution in [0, 0.1) is 34.5 Å². The highest BCUT2D eigenvalue weighted by Crippen LogP contribution is 2.79. The zero-order chi connectivity index (χ0) is 22.1. The molecule has 6 fully saturated rings. The van der Waals surface area contributed by atoms with Gasteiger partial charge in [-0.2, -0.15) is 0 Å². The van der Waals surface area contributed by atoms with Gasteiger partial charge in [-0.25, -0.2) is 0 Å². The Kier molecular flexibility index (Phi) is 4.26. The summed E-state index contributed by atoms with van der Waals surface area (Å²) in [5, 5.41) is 58.8. The number of aliphatic hydroxyl groups is 5. The van der Waals surface area contributed by atoms with Gasteiger partial charge in [-0.05, 0) is 31.7 Å². The summed E-state index contributed by atoms with van der Waals surface area (Å²) in [6.07, 6.45) is -1.25. The van der Waals surface area contributed by atoms with Gasteiger partial charge in [-0.15, -0.1) is 0 Å². The fourth-order valence-electron chi connectivity index (χ4n) is 10.5. The Balaban J connectivity index is 1.68. The first-order valence-electron chi connectivity index (χ1n) is 11.9. The molecule has 1 saturated heterocycles. The predicted octanol–water partition coefficient (Wildman–Crippen LogP) is -1.04. The van der Waals surface area contributed by atoms with Crippen molar-refractivity contribution in [1.82, 2.24) is 4.90 Å². The van der Waals surface area contributed by atoms with Crippen LogP contribution >= 0.6 is 0 Å². The molecule has 5 saturated carbocycles. The van der Waals surface area contributed by atoms with Crippen LogP contribution in [0.5, 0.6) is 0 Å². The van der Waals surface area contributed by atoms with Crippen LogP contribution in [0.4, 0.5) is 0 Å². The van der Waals surface area contributed by atoms with Crippen molar-refractivity contribution in [2.45, 2.75) is 74.3 Å². The average Bonchev–Trinajstić information content (AvgIpc) is 3.11. The Labute approximate surface area is 183 Å². The molecule has 13 atom stereocenters. The van der Waals surface area contributed by atoms with Gasteiger partial charge in [0, 0.05) is 55.8 Å². The Hall–Kier alpha value is -0.320. The third-order valence-electron chi connectivity index (χ3n) is 11.0. The Morgan fingerprint density at radius 1 is 1.13 bits per heavy atom. The molecule has 0 amide bonds. The molecule has 6 rings (SSSR count). The fraction of sp³-hybridized carbons (Fsp3) is 1.00. The smallest absolute Gasteiger partial charge is 0.136 e. The largest absolute Gasteiger partial charge is 0.393 e. The first-order chi connectivity index (χ1) is 14.7. The van der Waals surface area contributed by atoms with Gasteiger partial charge in [0.2, 0.25) is 0 Å². The molecule has 0 aromatic carbocycles. The number of methoxy groups -OCH3 is 2. The van der Waals surface area contributed by atoms with Crippen molar-refractivity contribution in [2.24, 2.45) is 34.5 Å². The summed E-state index contributed by atoms with van der Waals surface area (Å²) in [4.78, 5) is 2.23. The SMILES string of the molecule is CCN1CC2(COC)CCC(O)C34C5CC6C(O)CC(O)(C5C6O)C(O)(C(OC)C23)C14. The van der Waals surface area contributed by atoms with Crippen molar-refractivity contribution < 1.29 is 35.0 Å². The van der Waals surface area contributed by atoms with Crippen LogP contribution in [0.3, 0.4) is 0 Å². The zero-order valence-electron chi connectivity index (χ0n) is 18.6. The van der Waals surface area contributed by atoms with Crippen molar-refractivity contribution in [3.63, 3.8) is 0 Å². The molecular weight excluding hydrogens is 402 g/mol. The van der Waals surface area contributed by atoms with Crippen LogP contribution in [0.2, 0.25) is 0 Å². The summed E-state index contributed by atoms with van der Waals surface area (Å²) < 4.78 is 11.8. The summed E-state index contributed by atoms with van der Waals surface area (Å²) in [7, 11) is 3.27. The zero-order valence-corrected chi connectivity index (χ0v) is 18.6. The number of fused-ring (bicyclic) bond motifs is 2. The number of aliphatic hydroxyl groups excluding tert-OH is 3. The topological polar surface area (TPSA) is 123 Å². The molecule has 0 aromatic rings. The van der Waals surface area contributed by atoms with Gasteiger partial charge in [0.15, 0.2) is 0 Å². The molecule has 31 heavy (non-hydrogen) atoms. The van der Waals surface area contributed by atoms with Crippen LogP contribution in [-0.2, 0) is 9.47 Å². The van der Waals surface area contributed by atoms with E-state index in [-0.39, 0.29) is 29.6 Å². The lowest BCUT2D eigenvalue weighted by Gasteiger charge is -2.69. The van der Waals surface area contributed by atoms with Crippen molar-refractivity contribution in [3.8, 4) is 0 Å². The molecule has 8 nitrogen and oxygen atoms in total. The maximum absolute atomic E-state index is 12.6. The van der Waals surface area contributed by atoms with Crippen LogP contribution in [0.15, 0.2) is 0 Å². The molecule has 5 aliphatic carbocycles. The molecule has 8 heteroatoms. The van der Waals surface area contributed by atoms with Crippen molar-refractivity contribution >= 4 is 0 Å². The summed E-state index contributed by atoms with van der Waals surface area (Å²) in [5.74, 6) is -1.33. The van der Waals surface area contributed by atoms with Crippen LogP contribution < -0.4 is 0 Å². The van der Waals surface area contributed by atoms with E-state index in [1.165, 1.54) is 0 Å². The van der Waals surface area contributed by atoms with E-state index < -0.39 is 53.0 Å².